The third-order valence-electron chi connectivity index (χ3n) is 4.25. The minimum atomic E-state index is 0.173. The first-order valence-corrected chi connectivity index (χ1v) is 8.30. The first-order chi connectivity index (χ1) is 12.3. The van der Waals surface area contributed by atoms with Gasteiger partial charge in [-0.3, -0.25) is 0 Å². The van der Waals surface area contributed by atoms with Gasteiger partial charge < -0.3 is 15.4 Å². The van der Waals surface area contributed by atoms with Crippen molar-refractivity contribution in [1.29, 1.82) is 0 Å². The molecule has 0 saturated carbocycles. The summed E-state index contributed by atoms with van der Waals surface area (Å²) < 4.78 is 5.44. The molecule has 1 aromatic heterocycles. The van der Waals surface area contributed by atoms with E-state index in [1.807, 2.05) is 42.5 Å². The number of anilines is 2. The van der Waals surface area contributed by atoms with Gasteiger partial charge in [0.1, 0.15) is 11.4 Å². The van der Waals surface area contributed by atoms with Gasteiger partial charge in [0.05, 0.1) is 13.2 Å². The number of nitrogen functional groups attached to an aromatic ring is 1. The smallest absolute Gasteiger partial charge is 0.240 e. The van der Waals surface area contributed by atoms with Crippen molar-refractivity contribution in [3.05, 3.63) is 54.6 Å². The zero-order chi connectivity index (χ0) is 17.1. The molecule has 0 amide bonds. The summed E-state index contributed by atoms with van der Waals surface area (Å²) in [6.45, 7) is 3.28. The molecule has 1 fully saturated rings. The Labute approximate surface area is 146 Å². The topological polar surface area (TPSA) is 77.2 Å². The van der Waals surface area contributed by atoms with E-state index in [2.05, 4.69) is 32.2 Å². The summed E-state index contributed by atoms with van der Waals surface area (Å²) in [7, 11) is 0. The molecule has 0 bridgehead atoms. The minimum Gasteiger partial charge on any atom is -0.378 e. The fourth-order valence-corrected chi connectivity index (χ4v) is 3.00. The predicted octanol–water partition coefficient (Wildman–Crippen LogP) is 2.62. The predicted molar refractivity (Wildman–Crippen MR) is 98.1 cm³/mol. The van der Waals surface area contributed by atoms with E-state index in [9.17, 15) is 0 Å². The molecule has 25 heavy (non-hydrogen) atoms. The molecule has 1 aliphatic rings. The van der Waals surface area contributed by atoms with Crippen molar-refractivity contribution in [3.8, 4) is 22.5 Å². The molecule has 6 nitrogen and oxygen atoms in total. The van der Waals surface area contributed by atoms with Crippen LogP contribution in [0.5, 0.6) is 0 Å². The Morgan fingerprint density at radius 1 is 0.840 bits per heavy atom. The molecule has 0 aliphatic carbocycles. The summed E-state index contributed by atoms with van der Waals surface area (Å²) in [6.07, 6.45) is 0. The monoisotopic (exact) mass is 333 g/mol. The summed E-state index contributed by atoms with van der Waals surface area (Å²) in [5.74, 6) is 0.173. The number of aromatic nitrogens is 3. The van der Waals surface area contributed by atoms with Crippen LogP contribution in [0.15, 0.2) is 54.6 Å². The first kappa shape index (κ1) is 15.5. The van der Waals surface area contributed by atoms with Crippen LogP contribution in [-0.2, 0) is 4.74 Å². The quantitative estimate of drug-likeness (QED) is 0.794. The summed E-state index contributed by atoms with van der Waals surface area (Å²) in [4.78, 5) is 6.75. The van der Waals surface area contributed by atoms with E-state index >= 15 is 0 Å². The summed E-state index contributed by atoms with van der Waals surface area (Å²) >= 11 is 0. The number of hydrogen-bond acceptors (Lipinski definition) is 6. The Balaban J connectivity index is 1.77. The van der Waals surface area contributed by atoms with Crippen molar-refractivity contribution in [2.45, 2.75) is 0 Å². The standard InChI is InChI=1S/C19H19N5O/c20-19-21-17(14-5-2-1-3-6-14)18(22-23-19)15-7-4-8-16(13-15)24-9-11-25-12-10-24/h1-8,13H,9-12H2,(H2,20,21,23). The van der Waals surface area contributed by atoms with E-state index in [1.54, 1.807) is 0 Å². The lowest BCUT2D eigenvalue weighted by molar-refractivity contribution is 0.122. The highest BCUT2D eigenvalue weighted by atomic mass is 16.5. The van der Waals surface area contributed by atoms with Gasteiger partial charge in [0.25, 0.3) is 0 Å². The molecule has 0 unspecified atom stereocenters. The molecule has 2 N–H and O–H groups in total. The van der Waals surface area contributed by atoms with Gasteiger partial charge in [-0.2, -0.15) is 0 Å². The van der Waals surface area contributed by atoms with Gasteiger partial charge in [0.15, 0.2) is 0 Å². The van der Waals surface area contributed by atoms with Crippen LogP contribution in [0.4, 0.5) is 11.6 Å². The maximum Gasteiger partial charge on any atom is 0.240 e. The third-order valence-corrected chi connectivity index (χ3v) is 4.25. The number of ether oxygens (including phenoxy) is 1. The van der Waals surface area contributed by atoms with E-state index < -0.39 is 0 Å². The van der Waals surface area contributed by atoms with Crippen LogP contribution in [0, 0.1) is 0 Å². The lowest BCUT2D eigenvalue weighted by atomic mass is 10.0. The van der Waals surface area contributed by atoms with Crippen molar-refractivity contribution in [2.75, 3.05) is 36.9 Å². The van der Waals surface area contributed by atoms with Gasteiger partial charge in [0.2, 0.25) is 5.95 Å². The molecule has 6 heteroatoms. The number of nitrogens with zero attached hydrogens (tertiary/aromatic N) is 4. The zero-order valence-corrected chi connectivity index (χ0v) is 13.8. The molecule has 0 radical (unpaired) electrons. The lowest BCUT2D eigenvalue weighted by Gasteiger charge is -2.29. The summed E-state index contributed by atoms with van der Waals surface area (Å²) in [5, 5.41) is 8.30. The van der Waals surface area contributed by atoms with Crippen LogP contribution >= 0.6 is 0 Å². The number of rotatable bonds is 3. The maximum atomic E-state index is 5.78. The lowest BCUT2D eigenvalue weighted by Crippen LogP contribution is -2.36. The Bertz CT molecular complexity index is 863. The zero-order valence-electron chi connectivity index (χ0n) is 13.8. The van der Waals surface area contributed by atoms with Gasteiger partial charge in [0, 0.05) is 29.9 Å². The first-order valence-electron chi connectivity index (χ1n) is 8.30. The fourth-order valence-electron chi connectivity index (χ4n) is 3.00. The minimum absolute atomic E-state index is 0.173. The normalized spacial score (nSPS) is 14.5. The highest BCUT2D eigenvalue weighted by Gasteiger charge is 2.15. The highest BCUT2D eigenvalue weighted by Crippen LogP contribution is 2.31. The van der Waals surface area contributed by atoms with E-state index in [1.165, 1.54) is 0 Å². The largest absolute Gasteiger partial charge is 0.378 e. The van der Waals surface area contributed by atoms with Crippen molar-refractivity contribution < 1.29 is 4.74 Å². The van der Waals surface area contributed by atoms with E-state index in [0.29, 0.717) is 0 Å². The molecule has 2 heterocycles. The SMILES string of the molecule is Nc1nnc(-c2cccc(N3CCOCC3)c2)c(-c2ccccc2)n1. The molecule has 4 rings (SSSR count). The molecule has 2 aromatic carbocycles. The van der Waals surface area contributed by atoms with Gasteiger partial charge >= 0.3 is 0 Å². The molecular weight excluding hydrogens is 314 g/mol. The molecule has 0 atom stereocenters. The Kier molecular flexibility index (Phi) is 4.26. The van der Waals surface area contributed by atoms with Crippen molar-refractivity contribution in [3.63, 3.8) is 0 Å². The van der Waals surface area contributed by atoms with Gasteiger partial charge in [-0.05, 0) is 12.1 Å². The molecule has 3 aromatic rings. The van der Waals surface area contributed by atoms with Crippen LogP contribution in [-0.4, -0.2) is 41.5 Å². The van der Waals surface area contributed by atoms with E-state index in [0.717, 1.165) is 54.5 Å². The van der Waals surface area contributed by atoms with Gasteiger partial charge in [-0.25, -0.2) is 4.98 Å². The molecular formula is C19H19N5O. The summed E-state index contributed by atoms with van der Waals surface area (Å²) in [5.41, 5.74) is 10.4. The van der Waals surface area contributed by atoms with Crippen LogP contribution in [0.2, 0.25) is 0 Å². The average Bonchev–Trinajstić information content (AvgIpc) is 2.69. The number of nitrogens with two attached hydrogens (primary N) is 1. The van der Waals surface area contributed by atoms with Gasteiger partial charge in [-0.15, -0.1) is 10.2 Å². The van der Waals surface area contributed by atoms with Crippen molar-refractivity contribution in [1.82, 2.24) is 15.2 Å². The van der Waals surface area contributed by atoms with Crippen LogP contribution in [0.1, 0.15) is 0 Å². The van der Waals surface area contributed by atoms with Crippen LogP contribution in [0.25, 0.3) is 22.5 Å². The van der Waals surface area contributed by atoms with Crippen LogP contribution < -0.4 is 10.6 Å². The summed E-state index contributed by atoms with van der Waals surface area (Å²) in [6, 6.07) is 18.2. The second kappa shape index (κ2) is 6.86. The Morgan fingerprint density at radius 3 is 2.40 bits per heavy atom. The van der Waals surface area contributed by atoms with Crippen molar-refractivity contribution in [2.24, 2.45) is 0 Å². The van der Waals surface area contributed by atoms with Crippen LogP contribution in [0.3, 0.4) is 0 Å². The van der Waals surface area contributed by atoms with Crippen molar-refractivity contribution >= 4 is 11.6 Å². The Hall–Kier alpha value is -2.99. The number of morpholine rings is 1. The number of benzene rings is 2. The third kappa shape index (κ3) is 3.29. The maximum absolute atomic E-state index is 5.78. The highest BCUT2D eigenvalue weighted by molar-refractivity contribution is 5.79. The second-order valence-electron chi connectivity index (χ2n) is 5.88. The Morgan fingerprint density at radius 2 is 1.60 bits per heavy atom. The van der Waals surface area contributed by atoms with E-state index in [-0.39, 0.29) is 5.95 Å². The number of hydrogen-bond donors (Lipinski definition) is 1. The average molecular weight is 333 g/mol. The molecule has 1 aliphatic heterocycles. The molecule has 126 valence electrons. The molecule has 1 saturated heterocycles. The second-order valence-corrected chi connectivity index (χ2v) is 5.88. The van der Waals surface area contributed by atoms with E-state index in [4.69, 9.17) is 10.5 Å². The molecule has 0 spiro atoms. The van der Waals surface area contributed by atoms with Gasteiger partial charge in [-0.1, -0.05) is 42.5 Å². The fraction of sp³-hybridized carbons (Fsp3) is 0.211.